The van der Waals surface area contributed by atoms with Gasteiger partial charge in [0.1, 0.15) is 11.8 Å². The summed E-state index contributed by atoms with van der Waals surface area (Å²) in [5.41, 5.74) is 3.57. The highest BCUT2D eigenvalue weighted by atomic mass is 16.5. The Bertz CT molecular complexity index is 1230. The minimum absolute atomic E-state index is 0.0129. The molecule has 9 heteroatoms. The number of fused-ring (bicyclic) bond motifs is 1. The first-order valence-corrected chi connectivity index (χ1v) is 12.6. The van der Waals surface area contributed by atoms with Gasteiger partial charge in [0.2, 0.25) is 11.7 Å². The van der Waals surface area contributed by atoms with Crippen LogP contribution in [0, 0.1) is 11.3 Å². The van der Waals surface area contributed by atoms with E-state index < -0.39 is 0 Å². The molecule has 3 aliphatic rings. The van der Waals surface area contributed by atoms with Crippen molar-refractivity contribution in [2.75, 3.05) is 13.1 Å². The van der Waals surface area contributed by atoms with Crippen molar-refractivity contribution < 1.29 is 19.2 Å². The van der Waals surface area contributed by atoms with Crippen LogP contribution in [0.5, 0.6) is 0 Å². The summed E-state index contributed by atoms with van der Waals surface area (Å²) in [6, 6.07) is 8.03. The molecule has 1 aromatic heterocycles. The molecule has 1 saturated heterocycles. The summed E-state index contributed by atoms with van der Waals surface area (Å²) in [4.78, 5) is 19.2. The molecule has 0 spiro atoms. The number of hydrogen-bond donors (Lipinski definition) is 2. The first-order valence-electron chi connectivity index (χ1n) is 12.6. The Morgan fingerprint density at radius 2 is 2.11 bits per heavy atom. The zero-order chi connectivity index (χ0) is 25.2. The number of amides is 2. The van der Waals surface area contributed by atoms with Gasteiger partial charge in [-0.25, -0.2) is 4.79 Å². The van der Waals surface area contributed by atoms with Crippen LogP contribution in [0.25, 0.3) is 11.4 Å². The van der Waals surface area contributed by atoms with Gasteiger partial charge in [0.25, 0.3) is 0 Å². The van der Waals surface area contributed by atoms with Crippen molar-refractivity contribution in [2.24, 2.45) is 0 Å². The highest BCUT2D eigenvalue weighted by molar-refractivity contribution is 5.75. The molecule has 36 heavy (non-hydrogen) atoms. The van der Waals surface area contributed by atoms with Crippen LogP contribution in [-0.4, -0.2) is 51.5 Å². The normalized spacial score (nSPS) is 22.0. The fraction of sp³-hybridized carbons (Fsp3) is 0.481. The zero-order valence-corrected chi connectivity index (χ0v) is 20.6. The molecule has 1 unspecified atom stereocenters. The minimum Gasteiger partial charge on any atom is -0.490 e. The molecule has 2 N–H and O–H groups in total. The Morgan fingerprint density at radius 3 is 2.86 bits per heavy atom. The van der Waals surface area contributed by atoms with E-state index in [-0.39, 0.29) is 30.2 Å². The summed E-state index contributed by atoms with van der Waals surface area (Å²) in [5, 5.41) is 26.7. The fourth-order valence-electron chi connectivity index (χ4n) is 5.14. The maximum atomic E-state index is 12.8. The Morgan fingerprint density at radius 1 is 1.31 bits per heavy atom. The molecule has 0 bridgehead atoms. The number of nitrogens with zero attached hydrogens (tertiary/aromatic N) is 4. The second-order valence-electron chi connectivity index (χ2n) is 9.86. The summed E-state index contributed by atoms with van der Waals surface area (Å²) in [6.45, 7) is 5.00. The third-order valence-corrected chi connectivity index (χ3v) is 6.99. The van der Waals surface area contributed by atoms with Gasteiger partial charge in [-0.05, 0) is 63.2 Å². The predicted octanol–water partition coefficient (Wildman–Crippen LogP) is 4.14. The van der Waals surface area contributed by atoms with E-state index in [9.17, 15) is 15.2 Å². The highest BCUT2D eigenvalue weighted by Gasteiger charge is 2.31. The standard InChI is InChI=1S/C27H31N5O4/c1-16(2)35-24-9-6-17(14-18(24)15-28)26-30-25(31-36-26)22-5-3-4-21-20(22)7-8-23(21)29-27(34)32-12-10-19(33)11-13-32/h3-5,9,14,16-17,19,23,33H,6-8,10-13H2,1-2H3,(H,29,34)/t17?,23-/m0/s1. The topological polar surface area (TPSA) is 125 Å². The number of likely N-dealkylation sites (tertiary alicyclic amines) is 1. The van der Waals surface area contributed by atoms with Crippen molar-refractivity contribution in [1.29, 1.82) is 5.26 Å². The molecule has 0 saturated carbocycles. The molecule has 188 valence electrons. The van der Waals surface area contributed by atoms with E-state index in [0.29, 0.717) is 55.4 Å². The van der Waals surface area contributed by atoms with E-state index >= 15 is 0 Å². The molecule has 2 aliphatic carbocycles. The lowest BCUT2D eigenvalue weighted by atomic mass is 9.95. The molecular formula is C27H31N5O4. The quantitative estimate of drug-likeness (QED) is 0.647. The number of benzene rings is 1. The molecular weight excluding hydrogens is 458 g/mol. The SMILES string of the molecule is CC(C)OC1=CCC(c2nc(-c3cccc4c3CC[C@@H]4NC(=O)N3CCC(O)CC3)no2)C=C1C#N. The first-order chi connectivity index (χ1) is 17.4. The third kappa shape index (κ3) is 4.86. The third-order valence-electron chi connectivity index (χ3n) is 6.99. The van der Waals surface area contributed by atoms with Crippen LogP contribution >= 0.6 is 0 Å². The van der Waals surface area contributed by atoms with Crippen LogP contribution < -0.4 is 5.32 Å². The molecule has 2 heterocycles. The fourth-order valence-corrected chi connectivity index (χ4v) is 5.14. The smallest absolute Gasteiger partial charge is 0.317 e. The number of piperidine rings is 1. The van der Waals surface area contributed by atoms with E-state index in [1.54, 1.807) is 4.90 Å². The van der Waals surface area contributed by atoms with Crippen LogP contribution in [0.1, 0.15) is 68.5 Å². The summed E-state index contributed by atoms with van der Waals surface area (Å²) < 4.78 is 11.4. The van der Waals surface area contributed by atoms with Crippen molar-refractivity contribution in [1.82, 2.24) is 20.4 Å². The van der Waals surface area contributed by atoms with Gasteiger partial charge in [-0.2, -0.15) is 10.2 Å². The number of nitrogens with one attached hydrogen (secondary N) is 1. The molecule has 0 radical (unpaired) electrons. The predicted molar refractivity (Wildman–Crippen MR) is 131 cm³/mol. The van der Waals surface area contributed by atoms with Gasteiger partial charge >= 0.3 is 6.03 Å². The summed E-state index contributed by atoms with van der Waals surface area (Å²) in [6.07, 6.45) is 6.87. The van der Waals surface area contributed by atoms with Crippen LogP contribution in [0.15, 0.2) is 46.2 Å². The number of carbonyl (C=O) groups excluding carboxylic acids is 1. The van der Waals surface area contributed by atoms with Gasteiger partial charge in [0.05, 0.1) is 29.7 Å². The molecule has 2 aromatic rings. The van der Waals surface area contributed by atoms with E-state index in [1.165, 1.54) is 0 Å². The number of allylic oxidation sites excluding steroid dienone is 3. The minimum atomic E-state index is -0.314. The molecule has 5 rings (SSSR count). The summed E-state index contributed by atoms with van der Waals surface area (Å²) in [7, 11) is 0. The van der Waals surface area contributed by atoms with E-state index in [1.807, 2.05) is 44.2 Å². The number of ether oxygens (including phenoxy) is 1. The number of aliphatic hydroxyl groups is 1. The summed E-state index contributed by atoms with van der Waals surface area (Å²) in [5.74, 6) is 1.38. The average Bonchev–Trinajstić information content (AvgIpc) is 3.52. The van der Waals surface area contributed by atoms with Gasteiger partial charge in [-0.3, -0.25) is 0 Å². The lowest BCUT2D eigenvalue weighted by Crippen LogP contribution is -2.46. The van der Waals surface area contributed by atoms with Gasteiger partial charge in [0, 0.05) is 18.7 Å². The van der Waals surface area contributed by atoms with Crippen LogP contribution in [0.3, 0.4) is 0 Å². The molecule has 1 aliphatic heterocycles. The maximum absolute atomic E-state index is 12.8. The van der Waals surface area contributed by atoms with Crippen molar-refractivity contribution in [2.45, 2.75) is 70.1 Å². The van der Waals surface area contributed by atoms with E-state index in [2.05, 4.69) is 21.5 Å². The molecule has 1 fully saturated rings. The van der Waals surface area contributed by atoms with Gasteiger partial charge in [-0.15, -0.1) is 0 Å². The molecule has 2 atom stereocenters. The molecule has 2 amide bonds. The number of nitriles is 1. The molecule has 9 nitrogen and oxygen atoms in total. The van der Waals surface area contributed by atoms with Crippen LogP contribution in [0.2, 0.25) is 0 Å². The zero-order valence-electron chi connectivity index (χ0n) is 20.6. The second kappa shape index (κ2) is 10.2. The molecule has 1 aromatic carbocycles. The second-order valence-corrected chi connectivity index (χ2v) is 9.86. The van der Waals surface area contributed by atoms with Gasteiger partial charge in [-0.1, -0.05) is 29.4 Å². The number of rotatable bonds is 5. The van der Waals surface area contributed by atoms with Crippen molar-refractivity contribution in [3.63, 3.8) is 0 Å². The van der Waals surface area contributed by atoms with Gasteiger partial charge in [0.15, 0.2) is 0 Å². The highest BCUT2D eigenvalue weighted by Crippen LogP contribution is 2.38. The van der Waals surface area contributed by atoms with E-state index in [0.717, 1.165) is 29.5 Å². The Hall–Kier alpha value is -3.64. The Balaban J connectivity index is 1.31. The Kier molecular flexibility index (Phi) is 6.79. The number of urea groups is 1. The van der Waals surface area contributed by atoms with Crippen molar-refractivity contribution in [3.05, 3.63) is 58.7 Å². The lowest BCUT2D eigenvalue weighted by molar-refractivity contribution is 0.0928. The lowest BCUT2D eigenvalue weighted by Gasteiger charge is -2.30. The average molecular weight is 490 g/mol. The van der Waals surface area contributed by atoms with Gasteiger partial charge < -0.3 is 24.6 Å². The number of aromatic nitrogens is 2. The number of aliphatic hydroxyl groups excluding tert-OH is 1. The number of carbonyl (C=O) groups is 1. The van der Waals surface area contributed by atoms with Crippen LogP contribution in [-0.2, 0) is 11.2 Å². The first kappa shape index (κ1) is 24.1. The largest absolute Gasteiger partial charge is 0.490 e. The Labute approximate surface area is 210 Å². The summed E-state index contributed by atoms with van der Waals surface area (Å²) >= 11 is 0. The monoisotopic (exact) mass is 489 g/mol. The van der Waals surface area contributed by atoms with Crippen molar-refractivity contribution >= 4 is 6.03 Å². The van der Waals surface area contributed by atoms with Crippen LogP contribution in [0.4, 0.5) is 4.79 Å². The van der Waals surface area contributed by atoms with Crippen molar-refractivity contribution in [3.8, 4) is 17.5 Å². The number of hydrogen-bond acceptors (Lipinski definition) is 7. The van der Waals surface area contributed by atoms with E-state index in [4.69, 9.17) is 9.26 Å². The maximum Gasteiger partial charge on any atom is 0.317 e.